The Morgan fingerprint density at radius 1 is 1.14 bits per heavy atom. The molecule has 8 heteroatoms. The second-order valence-corrected chi connectivity index (χ2v) is 10.9. The van der Waals surface area contributed by atoms with Gasteiger partial charge in [-0.25, -0.2) is 0 Å². The minimum absolute atomic E-state index is 0.0623. The molecule has 2 N–H and O–H groups in total. The molecule has 7 nitrogen and oxygen atoms in total. The monoisotopic (exact) mass is 525 g/mol. The Hall–Kier alpha value is -3.26. The summed E-state index contributed by atoms with van der Waals surface area (Å²) in [5, 5.41) is 9.76. The van der Waals surface area contributed by atoms with Crippen molar-refractivity contribution >= 4 is 17.3 Å². The quantitative estimate of drug-likeness (QED) is 0.167. The third-order valence-corrected chi connectivity index (χ3v) is 7.54. The number of thiazole rings is 1. The number of rotatable bonds is 12. The van der Waals surface area contributed by atoms with Crippen LogP contribution in [0.2, 0.25) is 0 Å². The summed E-state index contributed by atoms with van der Waals surface area (Å²) >= 11 is 1.02. The molecule has 0 saturated carbocycles. The van der Waals surface area contributed by atoms with Gasteiger partial charge in [-0.15, -0.1) is 0 Å². The van der Waals surface area contributed by atoms with Gasteiger partial charge in [-0.05, 0) is 67.6 Å². The number of ether oxygens (including phenoxy) is 3. The van der Waals surface area contributed by atoms with Gasteiger partial charge in [0.05, 0.1) is 11.5 Å². The zero-order valence-electron chi connectivity index (χ0n) is 21.5. The van der Waals surface area contributed by atoms with E-state index in [1.807, 2.05) is 36.4 Å². The molecule has 0 amide bonds. The number of hydrogen-bond donors (Lipinski definition) is 2. The van der Waals surface area contributed by atoms with Gasteiger partial charge < -0.3 is 19.3 Å². The highest BCUT2D eigenvalue weighted by Gasteiger charge is 2.31. The van der Waals surface area contributed by atoms with E-state index in [0.29, 0.717) is 30.1 Å². The Bertz CT molecular complexity index is 1250. The molecular formula is C29H35NO6S. The van der Waals surface area contributed by atoms with Crippen LogP contribution in [0.4, 0.5) is 0 Å². The summed E-state index contributed by atoms with van der Waals surface area (Å²) in [4.78, 5) is 26.2. The summed E-state index contributed by atoms with van der Waals surface area (Å²) in [7, 11) is 0. The van der Waals surface area contributed by atoms with Crippen LogP contribution in [-0.4, -0.2) is 28.3 Å². The number of aromatic hydroxyl groups is 1. The van der Waals surface area contributed by atoms with E-state index in [-0.39, 0.29) is 22.3 Å². The van der Waals surface area contributed by atoms with Gasteiger partial charge in [0.1, 0.15) is 22.8 Å². The third kappa shape index (κ3) is 7.61. The van der Waals surface area contributed by atoms with E-state index in [2.05, 4.69) is 18.8 Å². The maximum absolute atomic E-state index is 12.1. The minimum Gasteiger partial charge on any atom is -0.494 e. The Morgan fingerprint density at radius 2 is 1.92 bits per heavy atom. The van der Waals surface area contributed by atoms with Gasteiger partial charge in [0.2, 0.25) is 5.88 Å². The van der Waals surface area contributed by atoms with Crippen molar-refractivity contribution in [3.8, 4) is 23.1 Å². The number of esters is 1. The first kappa shape index (κ1) is 26.8. The molecule has 1 unspecified atom stereocenters. The largest absolute Gasteiger partial charge is 0.494 e. The Kier molecular flexibility index (Phi) is 8.92. The van der Waals surface area contributed by atoms with Crippen LogP contribution in [0.5, 0.6) is 23.1 Å². The number of aryl methyl sites for hydroxylation is 1. The van der Waals surface area contributed by atoms with Crippen molar-refractivity contribution < 1.29 is 24.1 Å². The molecule has 2 heterocycles. The van der Waals surface area contributed by atoms with Gasteiger partial charge in [-0.1, -0.05) is 49.7 Å². The van der Waals surface area contributed by atoms with E-state index in [1.54, 1.807) is 6.07 Å². The number of aromatic amines is 1. The summed E-state index contributed by atoms with van der Waals surface area (Å²) in [6.45, 7) is 4.76. The molecule has 0 spiro atoms. The number of benzene rings is 2. The zero-order valence-corrected chi connectivity index (χ0v) is 22.3. The number of aromatic nitrogens is 1. The van der Waals surface area contributed by atoms with Crippen LogP contribution in [0.15, 0.2) is 47.3 Å². The van der Waals surface area contributed by atoms with E-state index in [4.69, 9.17) is 14.2 Å². The van der Waals surface area contributed by atoms with Crippen LogP contribution in [0, 0.1) is 0 Å². The summed E-state index contributed by atoms with van der Waals surface area (Å²) in [5.41, 5.74) is 1.70. The molecule has 37 heavy (non-hydrogen) atoms. The van der Waals surface area contributed by atoms with Gasteiger partial charge in [0.25, 0.3) is 0 Å². The summed E-state index contributed by atoms with van der Waals surface area (Å²) in [5.74, 6) is 1.93. The summed E-state index contributed by atoms with van der Waals surface area (Å²) in [6, 6.07) is 13.3. The number of fused-ring (bicyclic) bond motifs is 1. The van der Waals surface area contributed by atoms with Crippen molar-refractivity contribution in [3.05, 3.63) is 68.1 Å². The van der Waals surface area contributed by atoms with Crippen LogP contribution in [0.25, 0.3) is 0 Å². The highest BCUT2D eigenvalue weighted by Crippen LogP contribution is 2.37. The Morgan fingerprint density at radius 3 is 2.65 bits per heavy atom. The molecular weight excluding hydrogens is 490 g/mol. The molecule has 2 aromatic carbocycles. The topological polar surface area (TPSA) is 97.9 Å². The Balaban J connectivity index is 1.24. The van der Waals surface area contributed by atoms with Crippen molar-refractivity contribution in [2.24, 2.45) is 0 Å². The maximum atomic E-state index is 12.1. The van der Waals surface area contributed by atoms with Crippen molar-refractivity contribution in [1.82, 2.24) is 4.98 Å². The van der Waals surface area contributed by atoms with Gasteiger partial charge in [0.15, 0.2) is 0 Å². The fraction of sp³-hybridized carbons (Fsp3) is 0.448. The normalized spacial score (nSPS) is 16.6. The van der Waals surface area contributed by atoms with Crippen LogP contribution in [0.3, 0.4) is 0 Å². The molecule has 0 bridgehead atoms. The van der Waals surface area contributed by atoms with Gasteiger partial charge in [-0.2, -0.15) is 0 Å². The van der Waals surface area contributed by atoms with Gasteiger partial charge >= 0.3 is 10.8 Å². The Labute approximate surface area is 221 Å². The summed E-state index contributed by atoms with van der Waals surface area (Å²) < 4.78 is 17.8. The van der Waals surface area contributed by atoms with Crippen LogP contribution >= 0.6 is 11.3 Å². The second kappa shape index (κ2) is 12.3. The number of nitrogens with one attached hydrogen (secondary N) is 1. The highest BCUT2D eigenvalue weighted by molar-refractivity contribution is 7.09. The average Bonchev–Trinajstić information content (AvgIpc) is 3.19. The molecule has 1 aliphatic heterocycles. The average molecular weight is 526 g/mol. The maximum Gasteiger partial charge on any atom is 0.311 e. The molecule has 0 aliphatic carbocycles. The number of H-pyrrole nitrogens is 1. The lowest BCUT2D eigenvalue weighted by Crippen LogP contribution is -2.37. The van der Waals surface area contributed by atoms with Crippen molar-refractivity contribution in [3.63, 3.8) is 0 Å². The third-order valence-electron chi connectivity index (χ3n) is 6.67. The molecule has 1 atom stereocenters. The molecule has 0 fully saturated rings. The lowest BCUT2D eigenvalue weighted by atomic mass is 9.90. The van der Waals surface area contributed by atoms with Gasteiger partial charge in [0, 0.05) is 19.3 Å². The number of carbonyl (C=O) groups excluding carboxylic acids is 1. The predicted octanol–water partition coefficient (Wildman–Crippen LogP) is 6.16. The van der Waals surface area contributed by atoms with Gasteiger partial charge in [-0.3, -0.25) is 14.6 Å². The van der Waals surface area contributed by atoms with Crippen molar-refractivity contribution in [2.75, 3.05) is 6.61 Å². The molecule has 3 aromatic rings. The fourth-order valence-corrected chi connectivity index (χ4v) is 5.19. The molecule has 4 rings (SSSR count). The first-order chi connectivity index (χ1) is 17.8. The van der Waals surface area contributed by atoms with E-state index in [9.17, 15) is 14.7 Å². The second-order valence-electron chi connectivity index (χ2n) is 9.81. The molecule has 0 saturated heterocycles. The van der Waals surface area contributed by atoms with Crippen molar-refractivity contribution in [2.45, 2.75) is 77.2 Å². The van der Waals surface area contributed by atoms with Crippen LogP contribution in [0.1, 0.15) is 74.8 Å². The fourth-order valence-electron chi connectivity index (χ4n) is 4.43. The van der Waals surface area contributed by atoms with Crippen LogP contribution < -0.4 is 19.1 Å². The predicted molar refractivity (Wildman–Crippen MR) is 144 cm³/mol. The zero-order chi connectivity index (χ0) is 26.3. The minimum atomic E-state index is -0.340. The first-order valence-corrected chi connectivity index (χ1v) is 13.8. The van der Waals surface area contributed by atoms with E-state index in [0.717, 1.165) is 78.9 Å². The van der Waals surface area contributed by atoms with E-state index < -0.39 is 0 Å². The van der Waals surface area contributed by atoms with E-state index >= 15 is 0 Å². The number of carbonyl (C=O) groups is 1. The lowest BCUT2D eigenvalue weighted by molar-refractivity contribution is -0.134. The molecule has 1 aliphatic rings. The SMILES string of the molecule is CCCCCCC(=O)Oc1ccc2c(c1)CCC(C)(CCOc1ccc(Cc3sc(=O)[nH]c3O)cc1)O2. The summed E-state index contributed by atoms with van der Waals surface area (Å²) in [6.07, 6.45) is 7.58. The number of hydrogen-bond acceptors (Lipinski definition) is 7. The van der Waals surface area contributed by atoms with Crippen molar-refractivity contribution in [1.29, 1.82) is 0 Å². The smallest absolute Gasteiger partial charge is 0.311 e. The van der Waals surface area contributed by atoms with E-state index in [1.165, 1.54) is 0 Å². The van der Waals surface area contributed by atoms with Crippen LogP contribution in [-0.2, 0) is 17.6 Å². The molecule has 0 radical (unpaired) electrons. The first-order valence-electron chi connectivity index (χ1n) is 13.0. The number of unbranched alkanes of at least 4 members (excludes halogenated alkanes) is 3. The lowest BCUT2D eigenvalue weighted by Gasteiger charge is -2.36. The standard InChI is InChI=1S/C29H35NO6S/c1-3-4-5-6-7-26(31)35-23-12-13-24-21(19-23)14-15-29(2,36-24)16-17-34-22-10-8-20(9-11-22)18-25-27(32)30-28(33)37-25/h8-13,19,32H,3-7,14-18H2,1-2H3,(H,30,33). The molecule has 198 valence electrons. The highest BCUT2D eigenvalue weighted by atomic mass is 32.1. The molecule has 1 aromatic heterocycles.